The summed E-state index contributed by atoms with van der Waals surface area (Å²) in [4.78, 5) is 11.6. The van der Waals surface area contributed by atoms with Crippen LogP contribution in [-0.4, -0.2) is 37.5 Å². The fourth-order valence-electron chi connectivity index (χ4n) is 2.30. The van der Waals surface area contributed by atoms with Gasteiger partial charge in [-0.15, -0.1) is 0 Å². The highest BCUT2D eigenvalue weighted by Gasteiger charge is 2.51. The molecule has 0 aromatic rings. The molecule has 1 aliphatic carbocycles. The van der Waals surface area contributed by atoms with Gasteiger partial charge in [0.2, 0.25) is 0 Å². The molecule has 0 aromatic heterocycles. The van der Waals surface area contributed by atoms with Crippen molar-refractivity contribution >= 4 is 16.1 Å². The first-order valence-electron chi connectivity index (χ1n) is 6.77. The Balaban J connectivity index is 2.47. The average Bonchev–Trinajstić information content (AvgIpc) is 2.42. The molecule has 1 rings (SSSR count). The first kappa shape index (κ1) is 18.2. The molecule has 1 N–H and O–H groups in total. The predicted molar refractivity (Wildman–Crippen MR) is 68.1 cm³/mol. The maximum absolute atomic E-state index is 13.3. The summed E-state index contributed by atoms with van der Waals surface area (Å²) in [5, 5.41) is -4.60. The van der Waals surface area contributed by atoms with Crippen LogP contribution in [0, 0.1) is 11.8 Å². The maximum Gasteiger partial charge on any atom is 0.375 e. The molecule has 0 heterocycles. The largest absolute Gasteiger partial charge is 0.465 e. The summed E-state index contributed by atoms with van der Waals surface area (Å²) < 4.78 is 73.3. The molecular formula is C12H19F3O5S. The molecular weight excluding hydrogens is 313 g/mol. The van der Waals surface area contributed by atoms with Gasteiger partial charge in [0.1, 0.15) is 0 Å². The lowest BCUT2D eigenvalue weighted by Gasteiger charge is -2.23. The van der Waals surface area contributed by atoms with Crippen LogP contribution in [0.5, 0.6) is 0 Å². The SMILES string of the molecule is O=C(OCCC(CF)C(F)(F)S(=O)(=O)O)C1CCCCC1. The number of halogens is 3. The van der Waals surface area contributed by atoms with Crippen LogP contribution in [0.4, 0.5) is 13.2 Å². The molecule has 0 saturated heterocycles. The van der Waals surface area contributed by atoms with E-state index >= 15 is 0 Å². The van der Waals surface area contributed by atoms with Crippen molar-refractivity contribution in [3.8, 4) is 0 Å². The van der Waals surface area contributed by atoms with Crippen molar-refractivity contribution < 1.29 is 35.7 Å². The van der Waals surface area contributed by atoms with Gasteiger partial charge in [-0.1, -0.05) is 19.3 Å². The zero-order valence-electron chi connectivity index (χ0n) is 11.4. The first-order chi connectivity index (χ1) is 9.70. The molecule has 0 spiro atoms. The van der Waals surface area contributed by atoms with Gasteiger partial charge in [-0.05, 0) is 19.3 Å². The molecule has 1 aliphatic rings. The van der Waals surface area contributed by atoms with Crippen molar-refractivity contribution in [2.75, 3.05) is 13.3 Å². The van der Waals surface area contributed by atoms with Crippen LogP contribution in [-0.2, 0) is 19.6 Å². The van der Waals surface area contributed by atoms with E-state index in [0.29, 0.717) is 12.8 Å². The van der Waals surface area contributed by atoms with E-state index in [-0.39, 0.29) is 5.92 Å². The summed E-state index contributed by atoms with van der Waals surface area (Å²) in [5.74, 6) is -3.04. The van der Waals surface area contributed by atoms with E-state index < -0.39 is 47.0 Å². The summed E-state index contributed by atoms with van der Waals surface area (Å²) >= 11 is 0. The van der Waals surface area contributed by atoms with Crippen LogP contribution >= 0.6 is 0 Å². The van der Waals surface area contributed by atoms with Crippen molar-refractivity contribution in [2.24, 2.45) is 11.8 Å². The van der Waals surface area contributed by atoms with Crippen molar-refractivity contribution in [1.29, 1.82) is 0 Å². The van der Waals surface area contributed by atoms with Crippen LogP contribution in [0.3, 0.4) is 0 Å². The zero-order chi connectivity index (χ0) is 16.1. The number of hydrogen-bond acceptors (Lipinski definition) is 4. The Morgan fingerprint density at radius 1 is 1.29 bits per heavy atom. The molecule has 21 heavy (non-hydrogen) atoms. The number of alkyl halides is 3. The summed E-state index contributed by atoms with van der Waals surface area (Å²) in [6, 6.07) is 0. The second kappa shape index (κ2) is 7.44. The molecule has 1 saturated carbocycles. The lowest BCUT2D eigenvalue weighted by atomic mass is 9.89. The van der Waals surface area contributed by atoms with Gasteiger partial charge in [0.05, 0.1) is 25.1 Å². The fourth-order valence-corrected chi connectivity index (χ4v) is 2.91. The maximum atomic E-state index is 13.3. The van der Waals surface area contributed by atoms with Gasteiger partial charge in [-0.3, -0.25) is 13.7 Å². The monoisotopic (exact) mass is 332 g/mol. The third-order valence-electron chi connectivity index (χ3n) is 3.65. The minimum atomic E-state index is -5.70. The molecule has 1 atom stereocenters. The molecule has 9 heteroatoms. The van der Waals surface area contributed by atoms with Gasteiger partial charge in [-0.25, -0.2) is 0 Å². The lowest BCUT2D eigenvalue weighted by Crippen LogP contribution is -2.39. The molecule has 0 bridgehead atoms. The van der Waals surface area contributed by atoms with Crippen molar-refractivity contribution in [1.82, 2.24) is 0 Å². The quantitative estimate of drug-likeness (QED) is 0.572. The molecule has 0 amide bonds. The predicted octanol–water partition coefficient (Wildman–Crippen LogP) is 2.57. The molecule has 0 aliphatic heterocycles. The fraction of sp³-hybridized carbons (Fsp3) is 0.917. The first-order valence-corrected chi connectivity index (χ1v) is 8.21. The smallest absolute Gasteiger partial charge is 0.375 e. The van der Waals surface area contributed by atoms with Crippen LogP contribution in [0.1, 0.15) is 38.5 Å². The number of ether oxygens (including phenoxy) is 1. The van der Waals surface area contributed by atoms with E-state index in [2.05, 4.69) is 0 Å². The van der Waals surface area contributed by atoms with Crippen LogP contribution in [0.2, 0.25) is 0 Å². The molecule has 124 valence electrons. The molecule has 1 fully saturated rings. The third kappa shape index (κ3) is 4.84. The minimum Gasteiger partial charge on any atom is -0.465 e. The Hall–Kier alpha value is -0.830. The normalized spacial score (nSPS) is 19.2. The van der Waals surface area contributed by atoms with Crippen LogP contribution in [0.15, 0.2) is 0 Å². The summed E-state index contributed by atoms with van der Waals surface area (Å²) in [7, 11) is -5.70. The number of esters is 1. The number of rotatable bonds is 7. The van der Waals surface area contributed by atoms with E-state index in [9.17, 15) is 26.4 Å². The Kier molecular flexibility index (Phi) is 6.45. The third-order valence-corrected chi connectivity index (χ3v) is 4.68. The average molecular weight is 332 g/mol. The number of carbonyl (C=O) groups excluding carboxylic acids is 1. The summed E-state index contributed by atoms with van der Waals surface area (Å²) in [6.07, 6.45) is 3.50. The topological polar surface area (TPSA) is 80.7 Å². The van der Waals surface area contributed by atoms with Crippen molar-refractivity contribution in [2.45, 2.75) is 43.8 Å². The Morgan fingerprint density at radius 2 is 1.86 bits per heavy atom. The van der Waals surface area contributed by atoms with Crippen molar-refractivity contribution in [3.05, 3.63) is 0 Å². The van der Waals surface area contributed by atoms with Gasteiger partial charge in [0.15, 0.2) is 0 Å². The summed E-state index contributed by atoms with van der Waals surface area (Å²) in [5.41, 5.74) is 0. The van der Waals surface area contributed by atoms with Crippen LogP contribution < -0.4 is 0 Å². The highest BCUT2D eigenvalue weighted by molar-refractivity contribution is 7.86. The Bertz CT molecular complexity index is 446. The molecule has 5 nitrogen and oxygen atoms in total. The lowest BCUT2D eigenvalue weighted by molar-refractivity contribution is -0.150. The van der Waals surface area contributed by atoms with Gasteiger partial charge < -0.3 is 4.74 Å². The zero-order valence-corrected chi connectivity index (χ0v) is 12.3. The highest BCUT2D eigenvalue weighted by atomic mass is 32.2. The van der Waals surface area contributed by atoms with E-state index in [1.165, 1.54) is 0 Å². The van der Waals surface area contributed by atoms with Crippen molar-refractivity contribution in [3.63, 3.8) is 0 Å². The second-order valence-electron chi connectivity index (χ2n) is 5.18. The van der Waals surface area contributed by atoms with Crippen LogP contribution in [0.25, 0.3) is 0 Å². The van der Waals surface area contributed by atoms with E-state index in [1.807, 2.05) is 0 Å². The van der Waals surface area contributed by atoms with Gasteiger partial charge in [0, 0.05) is 0 Å². The molecule has 0 aromatic carbocycles. The van der Waals surface area contributed by atoms with E-state index in [0.717, 1.165) is 19.3 Å². The van der Waals surface area contributed by atoms with E-state index in [4.69, 9.17) is 9.29 Å². The summed E-state index contributed by atoms with van der Waals surface area (Å²) in [6.45, 7) is -2.15. The Labute approximate surface area is 121 Å². The number of carbonyl (C=O) groups is 1. The highest BCUT2D eigenvalue weighted by Crippen LogP contribution is 2.33. The minimum absolute atomic E-state index is 0.273. The van der Waals surface area contributed by atoms with Gasteiger partial charge >= 0.3 is 21.3 Å². The standard InChI is InChI=1S/C12H19F3O5S/c13-8-10(12(14,15)21(17,18)19)6-7-20-11(16)9-4-2-1-3-5-9/h9-10H,1-8H2,(H,17,18,19). The van der Waals surface area contributed by atoms with E-state index in [1.54, 1.807) is 0 Å². The molecule has 0 radical (unpaired) electrons. The Morgan fingerprint density at radius 3 is 2.33 bits per heavy atom. The van der Waals surface area contributed by atoms with Gasteiger partial charge in [0.25, 0.3) is 0 Å². The second-order valence-corrected chi connectivity index (χ2v) is 6.67. The molecule has 1 unspecified atom stereocenters. The number of hydrogen-bond donors (Lipinski definition) is 1. The van der Waals surface area contributed by atoms with Gasteiger partial charge in [-0.2, -0.15) is 17.2 Å².